The molecule has 184 valence electrons. The molecule has 1 aromatic carbocycles. The second kappa shape index (κ2) is 7.83. The third-order valence-electron chi connectivity index (χ3n) is 9.01. The van der Waals surface area contributed by atoms with Gasteiger partial charge in [0.1, 0.15) is 0 Å². The van der Waals surface area contributed by atoms with Crippen LogP contribution in [-0.2, 0) is 26.2 Å². The number of fused-ring (bicyclic) bond motifs is 1. The van der Waals surface area contributed by atoms with E-state index in [-0.39, 0.29) is 28.4 Å². The Morgan fingerprint density at radius 1 is 1.26 bits per heavy atom. The van der Waals surface area contributed by atoms with Crippen molar-refractivity contribution in [1.29, 1.82) is 0 Å². The number of ether oxygens (including phenoxy) is 1. The first-order valence-electron chi connectivity index (χ1n) is 12.5. The van der Waals surface area contributed by atoms with Gasteiger partial charge in [0, 0.05) is 30.2 Å². The SMILES string of the molecule is COC1CC[C@@]2(c3ccc(CCC(C)(C)C)c(Cl)c3)CC(=O)N(C34CC(C(=O)O)(C3)C4)C=C2C1. The minimum absolute atomic E-state index is 0.103. The van der Waals surface area contributed by atoms with Gasteiger partial charge in [0.15, 0.2) is 0 Å². The number of methoxy groups -OCH3 is 1. The standard InChI is InChI=1S/C28H36ClNO4/c1-25(2,3)9-7-18-5-6-19(12-22(18)29)28-10-8-21(34-4)11-20(28)14-30(23(31)13-28)27-15-26(16-27,17-27)24(32)33/h5-6,12,14,21H,7-11,13,15-17H2,1-4H3,(H,32,33)/t21?,26?,27?,28-/m0/s1. The maximum Gasteiger partial charge on any atom is 0.309 e. The molecule has 1 heterocycles. The number of carboxylic acid groups (broad SMARTS) is 1. The molecular formula is C28H36ClNO4. The number of hydrogen-bond donors (Lipinski definition) is 1. The highest BCUT2D eigenvalue weighted by molar-refractivity contribution is 6.31. The molecule has 1 amide bonds. The first-order valence-corrected chi connectivity index (χ1v) is 12.9. The lowest BCUT2D eigenvalue weighted by atomic mass is 9.38. The smallest absolute Gasteiger partial charge is 0.309 e. The Hall–Kier alpha value is -1.85. The van der Waals surface area contributed by atoms with Crippen molar-refractivity contribution in [3.63, 3.8) is 0 Å². The van der Waals surface area contributed by atoms with Gasteiger partial charge in [-0.1, -0.05) is 44.5 Å². The van der Waals surface area contributed by atoms with Gasteiger partial charge in [0.05, 0.1) is 17.1 Å². The molecule has 2 bridgehead atoms. The molecule has 2 atom stereocenters. The van der Waals surface area contributed by atoms with Gasteiger partial charge in [-0.2, -0.15) is 0 Å². The molecule has 1 unspecified atom stereocenters. The molecule has 1 N–H and O–H groups in total. The van der Waals surface area contributed by atoms with Crippen LogP contribution in [0.25, 0.3) is 0 Å². The van der Waals surface area contributed by atoms with Crippen molar-refractivity contribution in [1.82, 2.24) is 4.90 Å². The van der Waals surface area contributed by atoms with Crippen molar-refractivity contribution in [3.05, 3.63) is 46.1 Å². The maximum absolute atomic E-state index is 13.6. The summed E-state index contributed by atoms with van der Waals surface area (Å²) in [5.74, 6) is -0.620. The Morgan fingerprint density at radius 2 is 1.97 bits per heavy atom. The van der Waals surface area contributed by atoms with E-state index >= 15 is 0 Å². The minimum Gasteiger partial charge on any atom is -0.481 e. The van der Waals surface area contributed by atoms with E-state index in [9.17, 15) is 14.7 Å². The number of rotatable bonds is 6. The molecule has 4 fully saturated rings. The van der Waals surface area contributed by atoms with Gasteiger partial charge in [0.2, 0.25) is 5.91 Å². The van der Waals surface area contributed by atoms with Crippen LogP contribution in [0.2, 0.25) is 5.02 Å². The number of amides is 1. The van der Waals surface area contributed by atoms with Crippen molar-refractivity contribution in [2.24, 2.45) is 10.8 Å². The fraction of sp³-hybridized carbons (Fsp3) is 0.643. The lowest BCUT2D eigenvalue weighted by molar-refractivity contribution is -0.224. The summed E-state index contributed by atoms with van der Waals surface area (Å²) in [6, 6.07) is 6.41. The highest BCUT2D eigenvalue weighted by Gasteiger charge is 2.75. The minimum atomic E-state index is -0.723. The summed E-state index contributed by atoms with van der Waals surface area (Å²) in [7, 11) is 1.75. The fourth-order valence-electron chi connectivity index (χ4n) is 6.87. The number of benzene rings is 1. The largest absolute Gasteiger partial charge is 0.481 e. The van der Waals surface area contributed by atoms with E-state index in [0.717, 1.165) is 48.3 Å². The Balaban J connectivity index is 1.46. The topological polar surface area (TPSA) is 66.8 Å². The Kier molecular flexibility index (Phi) is 5.49. The van der Waals surface area contributed by atoms with Crippen LogP contribution in [0.4, 0.5) is 0 Å². The van der Waals surface area contributed by atoms with Gasteiger partial charge < -0.3 is 14.7 Å². The lowest BCUT2D eigenvalue weighted by Gasteiger charge is -2.71. The number of carbonyl (C=O) groups excluding carboxylic acids is 1. The van der Waals surface area contributed by atoms with Crippen molar-refractivity contribution >= 4 is 23.5 Å². The van der Waals surface area contributed by atoms with Gasteiger partial charge in [-0.15, -0.1) is 0 Å². The molecule has 34 heavy (non-hydrogen) atoms. The monoisotopic (exact) mass is 485 g/mol. The summed E-state index contributed by atoms with van der Waals surface area (Å²) in [6.07, 6.45) is 8.84. The van der Waals surface area contributed by atoms with E-state index in [0.29, 0.717) is 25.7 Å². The normalized spacial score (nSPS) is 34.6. The summed E-state index contributed by atoms with van der Waals surface area (Å²) < 4.78 is 5.72. The van der Waals surface area contributed by atoms with Crippen molar-refractivity contribution < 1.29 is 19.4 Å². The molecule has 6 heteroatoms. The first kappa shape index (κ1) is 23.9. The highest BCUT2D eigenvalue weighted by atomic mass is 35.5. The summed E-state index contributed by atoms with van der Waals surface area (Å²) in [4.78, 5) is 27.0. The zero-order valence-corrected chi connectivity index (χ0v) is 21.5. The molecule has 6 rings (SSSR count). The van der Waals surface area contributed by atoms with E-state index in [1.165, 1.54) is 5.57 Å². The molecular weight excluding hydrogens is 450 g/mol. The third kappa shape index (κ3) is 3.62. The predicted octanol–water partition coefficient (Wildman–Crippen LogP) is 5.88. The molecule has 1 aromatic rings. The highest BCUT2D eigenvalue weighted by Crippen LogP contribution is 2.71. The summed E-state index contributed by atoms with van der Waals surface area (Å²) in [5, 5.41) is 10.3. The van der Waals surface area contributed by atoms with Gasteiger partial charge in [-0.3, -0.25) is 9.59 Å². The number of carboxylic acids is 1. The van der Waals surface area contributed by atoms with E-state index < -0.39 is 11.4 Å². The Bertz CT molecular complexity index is 1050. The van der Waals surface area contributed by atoms with Crippen LogP contribution in [0.5, 0.6) is 0 Å². The Labute approximate surface area is 207 Å². The van der Waals surface area contributed by atoms with E-state index in [2.05, 4.69) is 45.2 Å². The molecule has 0 aromatic heterocycles. The van der Waals surface area contributed by atoms with Crippen LogP contribution in [0.15, 0.2) is 30.0 Å². The van der Waals surface area contributed by atoms with Gasteiger partial charge >= 0.3 is 5.97 Å². The van der Waals surface area contributed by atoms with Crippen LogP contribution in [0.3, 0.4) is 0 Å². The van der Waals surface area contributed by atoms with E-state index in [1.54, 1.807) is 7.11 Å². The molecule has 0 saturated heterocycles. The van der Waals surface area contributed by atoms with Crippen molar-refractivity contribution in [3.8, 4) is 0 Å². The van der Waals surface area contributed by atoms with Gasteiger partial charge in [-0.25, -0.2) is 0 Å². The molecule has 0 spiro atoms. The van der Waals surface area contributed by atoms with Gasteiger partial charge in [0.25, 0.3) is 0 Å². The van der Waals surface area contributed by atoms with Crippen LogP contribution in [0.1, 0.15) is 83.3 Å². The van der Waals surface area contributed by atoms with Crippen LogP contribution in [-0.4, -0.2) is 40.6 Å². The summed E-state index contributed by atoms with van der Waals surface area (Å²) in [5.41, 5.74) is 2.47. The van der Waals surface area contributed by atoms with Crippen molar-refractivity contribution in [2.75, 3.05) is 7.11 Å². The van der Waals surface area contributed by atoms with Crippen molar-refractivity contribution in [2.45, 2.75) is 95.6 Å². The summed E-state index contributed by atoms with van der Waals surface area (Å²) in [6.45, 7) is 6.72. The van der Waals surface area contributed by atoms with Gasteiger partial charge in [-0.05, 0) is 79.5 Å². The first-order chi connectivity index (χ1) is 15.9. The molecule has 0 radical (unpaired) electrons. The zero-order valence-electron chi connectivity index (χ0n) is 20.7. The van der Waals surface area contributed by atoms with E-state index in [4.69, 9.17) is 16.3 Å². The fourth-order valence-corrected chi connectivity index (χ4v) is 7.14. The van der Waals surface area contributed by atoms with Crippen LogP contribution in [0, 0.1) is 10.8 Å². The number of aryl methyl sites for hydroxylation is 1. The molecule has 4 saturated carbocycles. The molecule has 1 aliphatic heterocycles. The second-order valence-corrected chi connectivity index (χ2v) is 12.9. The number of aliphatic carboxylic acids is 1. The Morgan fingerprint density at radius 3 is 2.56 bits per heavy atom. The quantitative estimate of drug-likeness (QED) is 0.546. The number of carbonyl (C=O) groups is 2. The van der Waals surface area contributed by atoms with Crippen LogP contribution >= 0.6 is 11.6 Å². The third-order valence-corrected chi connectivity index (χ3v) is 9.36. The lowest BCUT2D eigenvalue weighted by Crippen LogP contribution is -2.77. The zero-order chi connectivity index (χ0) is 24.5. The molecule has 5 nitrogen and oxygen atoms in total. The van der Waals surface area contributed by atoms with E-state index in [1.807, 2.05) is 4.90 Å². The average Bonchev–Trinajstić information content (AvgIpc) is 2.70. The summed E-state index contributed by atoms with van der Waals surface area (Å²) >= 11 is 6.79. The number of hydrogen-bond acceptors (Lipinski definition) is 3. The number of nitrogens with zero attached hydrogens (tertiary/aromatic N) is 1. The molecule has 4 aliphatic carbocycles. The second-order valence-electron chi connectivity index (χ2n) is 12.5. The average molecular weight is 486 g/mol. The predicted molar refractivity (Wildman–Crippen MR) is 132 cm³/mol. The number of halogens is 1. The maximum atomic E-state index is 13.6. The molecule has 5 aliphatic rings. The van der Waals surface area contributed by atoms with Crippen LogP contribution < -0.4 is 0 Å².